The van der Waals surface area contributed by atoms with E-state index >= 15 is 0 Å². The number of rotatable bonds is 2. The molecule has 1 aliphatic carbocycles. The van der Waals surface area contributed by atoms with Gasteiger partial charge in [0.05, 0.1) is 0 Å². The molecular formula is C12H23N3O. The number of urea groups is 1. The largest absolute Gasteiger partial charge is 0.335 e. The standard InChI is InChI=1S/C12H23N3O/c1-12(8-13)6-7-15(9-12)11(16)14-10-4-2-3-5-10/h10H,2-9,13H2,1H3,(H,14,16). The molecule has 2 aliphatic rings. The maximum absolute atomic E-state index is 12.0. The fourth-order valence-electron chi connectivity index (χ4n) is 2.70. The van der Waals surface area contributed by atoms with Gasteiger partial charge in [0.1, 0.15) is 0 Å². The normalized spacial score (nSPS) is 31.0. The highest BCUT2D eigenvalue weighted by Crippen LogP contribution is 2.28. The lowest BCUT2D eigenvalue weighted by atomic mass is 9.90. The average Bonchev–Trinajstić information content (AvgIpc) is 2.88. The molecule has 1 heterocycles. The summed E-state index contributed by atoms with van der Waals surface area (Å²) in [5, 5.41) is 3.13. The molecule has 0 radical (unpaired) electrons. The Kier molecular flexibility index (Phi) is 3.38. The minimum Gasteiger partial charge on any atom is -0.335 e. The molecule has 2 amide bonds. The van der Waals surface area contributed by atoms with Crippen molar-refractivity contribution < 1.29 is 4.79 Å². The SMILES string of the molecule is CC1(CN)CCN(C(=O)NC2CCCC2)C1. The van der Waals surface area contributed by atoms with E-state index in [1.807, 2.05) is 4.90 Å². The Morgan fingerprint density at radius 2 is 2.19 bits per heavy atom. The maximum atomic E-state index is 12.0. The summed E-state index contributed by atoms with van der Waals surface area (Å²) in [5.41, 5.74) is 5.87. The van der Waals surface area contributed by atoms with E-state index in [2.05, 4.69) is 12.2 Å². The van der Waals surface area contributed by atoms with Crippen LogP contribution in [0.1, 0.15) is 39.0 Å². The first-order valence-electron chi connectivity index (χ1n) is 6.38. The third-order valence-corrected chi connectivity index (χ3v) is 4.02. The third kappa shape index (κ3) is 2.48. The number of carbonyl (C=O) groups excluding carboxylic acids is 1. The Bertz CT molecular complexity index is 263. The Morgan fingerprint density at radius 1 is 1.50 bits per heavy atom. The summed E-state index contributed by atoms with van der Waals surface area (Å²) < 4.78 is 0. The highest BCUT2D eigenvalue weighted by molar-refractivity contribution is 5.75. The van der Waals surface area contributed by atoms with Crippen LogP contribution >= 0.6 is 0 Å². The molecule has 0 aromatic rings. The number of hydrogen-bond donors (Lipinski definition) is 2. The lowest BCUT2D eigenvalue weighted by Gasteiger charge is -2.24. The lowest BCUT2D eigenvalue weighted by molar-refractivity contribution is 0.198. The van der Waals surface area contributed by atoms with Crippen LogP contribution in [0.4, 0.5) is 4.79 Å². The number of carbonyl (C=O) groups is 1. The molecular weight excluding hydrogens is 202 g/mol. The zero-order valence-electron chi connectivity index (χ0n) is 10.2. The van der Waals surface area contributed by atoms with Crippen molar-refractivity contribution in [2.45, 2.75) is 45.1 Å². The molecule has 3 N–H and O–H groups in total. The van der Waals surface area contributed by atoms with Gasteiger partial charge in [0.25, 0.3) is 0 Å². The molecule has 1 saturated carbocycles. The Morgan fingerprint density at radius 3 is 2.75 bits per heavy atom. The number of hydrogen-bond acceptors (Lipinski definition) is 2. The van der Waals surface area contributed by atoms with Gasteiger partial charge in [-0.2, -0.15) is 0 Å². The number of nitrogens with one attached hydrogen (secondary N) is 1. The lowest BCUT2D eigenvalue weighted by Crippen LogP contribution is -2.44. The maximum Gasteiger partial charge on any atom is 0.317 e. The summed E-state index contributed by atoms with van der Waals surface area (Å²) in [6.45, 7) is 4.49. The fraction of sp³-hybridized carbons (Fsp3) is 0.917. The molecule has 4 heteroatoms. The van der Waals surface area contributed by atoms with E-state index in [9.17, 15) is 4.79 Å². The van der Waals surface area contributed by atoms with Crippen LogP contribution in [-0.4, -0.2) is 36.6 Å². The van der Waals surface area contributed by atoms with Gasteiger partial charge >= 0.3 is 6.03 Å². The topological polar surface area (TPSA) is 58.4 Å². The Balaban J connectivity index is 1.82. The second-order valence-corrected chi connectivity index (χ2v) is 5.62. The van der Waals surface area contributed by atoms with Crippen molar-refractivity contribution in [2.75, 3.05) is 19.6 Å². The van der Waals surface area contributed by atoms with E-state index in [-0.39, 0.29) is 11.4 Å². The van der Waals surface area contributed by atoms with E-state index in [0.29, 0.717) is 12.6 Å². The minimum atomic E-state index is 0.115. The Hall–Kier alpha value is -0.770. The van der Waals surface area contributed by atoms with Crippen molar-refractivity contribution in [2.24, 2.45) is 11.1 Å². The van der Waals surface area contributed by atoms with Crippen LogP contribution in [0.3, 0.4) is 0 Å². The van der Waals surface area contributed by atoms with Gasteiger partial charge in [-0.05, 0) is 31.2 Å². The predicted molar refractivity (Wildman–Crippen MR) is 64.1 cm³/mol. The van der Waals surface area contributed by atoms with Crippen LogP contribution in [0.5, 0.6) is 0 Å². The van der Waals surface area contributed by atoms with Gasteiger partial charge in [0, 0.05) is 19.1 Å². The molecule has 1 aliphatic heterocycles. The van der Waals surface area contributed by atoms with E-state index in [1.165, 1.54) is 12.8 Å². The molecule has 1 unspecified atom stereocenters. The molecule has 1 atom stereocenters. The van der Waals surface area contributed by atoms with Crippen molar-refractivity contribution in [3.05, 3.63) is 0 Å². The number of nitrogens with two attached hydrogens (primary N) is 1. The number of amides is 2. The van der Waals surface area contributed by atoms with Gasteiger partial charge in [-0.1, -0.05) is 19.8 Å². The molecule has 0 aromatic heterocycles. The summed E-state index contributed by atoms with van der Waals surface area (Å²) in [4.78, 5) is 13.9. The molecule has 1 saturated heterocycles. The molecule has 92 valence electrons. The van der Waals surface area contributed by atoms with Crippen LogP contribution < -0.4 is 11.1 Å². The highest BCUT2D eigenvalue weighted by Gasteiger charge is 2.35. The van der Waals surface area contributed by atoms with Gasteiger partial charge in [0.15, 0.2) is 0 Å². The summed E-state index contributed by atoms with van der Waals surface area (Å²) in [6, 6.07) is 0.529. The Labute approximate surface area is 97.6 Å². The fourth-order valence-corrected chi connectivity index (χ4v) is 2.70. The van der Waals surface area contributed by atoms with Gasteiger partial charge in [-0.25, -0.2) is 4.79 Å². The monoisotopic (exact) mass is 225 g/mol. The first kappa shape index (κ1) is 11.7. The molecule has 0 bridgehead atoms. The van der Waals surface area contributed by atoms with E-state index in [4.69, 9.17) is 5.73 Å². The smallest absolute Gasteiger partial charge is 0.317 e. The van der Waals surface area contributed by atoms with Gasteiger partial charge < -0.3 is 16.0 Å². The van der Waals surface area contributed by atoms with Gasteiger partial charge in [-0.3, -0.25) is 0 Å². The molecule has 0 aromatic carbocycles. The van der Waals surface area contributed by atoms with Gasteiger partial charge in [-0.15, -0.1) is 0 Å². The van der Waals surface area contributed by atoms with Crippen molar-refractivity contribution in [3.63, 3.8) is 0 Å². The summed E-state index contributed by atoms with van der Waals surface area (Å²) in [5.74, 6) is 0. The van der Waals surface area contributed by atoms with Crippen LogP contribution in [0.25, 0.3) is 0 Å². The number of likely N-dealkylation sites (tertiary alicyclic amines) is 1. The summed E-state index contributed by atoms with van der Waals surface area (Å²) in [6.07, 6.45) is 5.83. The zero-order chi connectivity index (χ0) is 11.6. The first-order chi connectivity index (χ1) is 7.63. The zero-order valence-corrected chi connectivity index (χ0v) is 10.2. The van der Waals surface area contributed by atoms with E-state index in [0.717, 1.165) is 32.4 Å². The van der Waals surface area contributed by atoms with Crippen LogP contribution in [0.15, 0.2) is 0 Å². The van der Waals surface area contributed by atoms with Crippen molar-refractivity contribution in [1.29, 1.82) is 0 Å². The minimum absolute atomic E-state index is 0.115. The summed E-state index contributed by atoms with van der Waals surface area (Å²) in [7, 11) is 0. The van der Waals surface area contributed by atoms with E-state index < -0.39 is 0 Å². The van der Waals surface area contributed by atoms with Crippen molar-refractivity contribution >= 4 is 6.03 Å². The molecule has 4 nitrogen and oxygen atoms in total. The number of nitrogens with zero attached hydrogens (tertiary/aromatic N) is 1. The van der Waals surface area contributed by atoms with Crippen molar-refractivity contribution in [1.82, 2.24) is 10.2 Å². The molecule has 2 fully saturated rings. The van der Waals surface area contributed by atoms with Gasteiger partial charge in [0.2, 0.25) is 0 Å². The highest BCUT2D eigenvalue weighted by atomic mass is 16.2. The third-order valence-electron chi connectivity index (χ3n) is 4.02. The molecule has 0 spiro atoms. The average molecular weight is 225 g/mol. The second-order valence-electron chi connectivity index (χ2n) is 5.62. The quantitative estimate of drug-likeness (QED) is 0.744. The van der Waals surface area contributed by atoms with E-state index in [1.54, 1.807) is 0 Å². The predicted octanol–water partition coefficient (Wildman–Crippen LogP) is 1.31. The van der Waals surface area contributed by atoms with Crippen LogP contribution in [0, 0.1) is 5.41 Å². The summed E-state index contributed by atoms with van der Waals surface area (Å²) >= 11 is 0. The van der Waals surface area contributed by atoms with Crippen molar-refractivity contribution in [3.8, 4) is 0 Å². The second kappa shape index (κ2) is 4.62. The molecule has 2 rings (SSSR count). The first-order valence-corrected chi connectivity index (χ1v) is 6.38. The molecule has 16 heavy (non-hydrogen) atoms. The van der Waals surface area contributed by atoms with Crippen LogP contribution in [0.2, 0.25) is 0 Å². The van der Waals surface area contributed by atoms with Crippen LogP contribution in [-0.2, 0) is 0 Å².